The van der Waals surface area contributed by atoms with Gasteiger partial charge in [0.05, 0.1) is 6.10 Å². The molecule has 6 atom stereocenters. The van der Waals surface area contributed by atoms with Crippen molar-refractivity contribution in [1.29, 1.82) is 0 Å². The molecule has 1 aliphatic rings. The first kappa shape index (κ1) is 41.7. The van der Waals surface area contributed by atoms with Crippen molar-refractivity contribution in [2.75, 3.05) is 25.9 Å². The molecule has 0 spiro atoms. The van der Waals surface area contributed by atoms with Gasteiger partial charge in [0.25, 0.3) is 0 Å². The van der Waals surface area contributed by atoms with Gasteiger partial charge in [-0.05, 0) is 57.9 Å². The number of halogens is 1. The Balaban J connectivity index is 1.59. The number of ether oxygens (including phenoxy) is 1. The van der Waals surface area contributed by atoms with Gasteiger partial charge in [-0.15, -0.1) is 0 Å². The molecule has 0 aromatic carbocycles. The van der Waals surface area contributed by atoms with Crippen molar-refractivity contribution in [2.24, 2.45) is 0 Å². The summed E-state index contributed by atoms with van der Waals surface area (Å²) in [6.45, 7) is 3.77. The Kier molecular flexibility index (Phi) is 20.3. The number of carbonyl (C=O) groups excluding carboxylic acids is 1. The minimum Gasteiger partial charge on any atom is -0.387 e. The number of carbonyl (C=O) groups is 1. The lowest BCUT2D eigenvalue weighted by molar-refractivity contribution is -0.120. The number of anilines is 1. The molecule has 0 bridgehead atoms. The van der Waals surface area contributed by atoms with E-state index >= 15 is 0 Å². The highest BCUT2D eigenvalue weighted by atomic mass is 31.2. The maximum Gasteiger partial charge on any atom is 0.405 e. The Morgan fingerprint density at radius 3 is 2.12 bits per heavy atom. The first-order chi connectivity index (χ1) is 23.6. The fourth-order valence-electron chi connectivity index (χ4n) is 4.65. The fraction of sp³-hybridized carbons (Fsp3) is 0.514. The average molecular weight is 706 g/mol. The van der Waals surface area contributed by atoms with Gasteiger partial charge in [0.2, 0.25) is 5.91 Å². The number of rotatable bonds is 23. The average Bonchev–Trinajstić information content (AvgIpc) is 3.37. The predicted octanol–water partition coefficient (Wildman–Crippen LogP) is 5.77. The summed E-state index contributed by atoms with van der Waals surface area (Å²) >= 11 is 0. The topological polar surface area (TPSA) is 167 Å². The Hall–Kier alpha value is -3.45. The third-order valence-electron chi connectivity index (χ3n) is 7.25. The molecule has 49 heavy (non-hydrogen) atoms. The standard InChI is InChI=1S/C35H53FN5O7P/c1-4-5-6-7-8-9-10-11-12-13-14-15-16-17-18-19-20-21-22-23-30(42)38-25-26-39-49(45,46-3)48-28(2)33-32(43)31(36)34(47-33)41-27-24-29(37)40-35(41)44/h5-6,8-9,11-12,14-15,17-18,20-21,24,27-28,31-34,43H,4,7,10,13,16,19,22-23,25-26H2,1-3H3,(H,38,42)(H,39,45)(H2,37,40,44)/b6-5-,9-8-,12-11-,15-14-,18-17-,21-20-/t28?,31-,32+,33-,34-,49?/m1/s1. The molecule has 0 aliphatic carbocycles. The molecule has 2 heterocycles. The first-order valence-electron chi connectivity index (χ1n) is 16.7. The summed E-state index contributed by atoms with van der Waals surface area (Å²) in [4.78, 5) is 27.8. The highest BCUT2D eigenvalue weighted by molar-refractivity contribution is 7.51. The number of amides is 1. The van der Waals surface area contributed by atoms with Crippen molar-refractivity contribution in [3.63, 3.8) is 0 Å². The van der Waals surface area contributed by atoms with Crippen molar-refractivity contribution >= 4 is 19.5 Å². The minimum atomic E-state index is -3.92. The second-order valence-corrected chi connectivity index (χ2v) is 13.1. The maximum absolute atomic E-state index is 14.9. The highest BCUT2D eigenvalue weighted by Crippen LogP contribution is 2.46. The Labute approximate surface area is 289 Å². The molecular weight excluding hydrogens is 652 g/mol. The van der Waals surface area contributed by atoms with Crippen LogP contribution in [0.4, 0.5) is 10.2 Å². The highest BCUT2D eigenvalue weighted by Gasteiger charge is 2.49. The van der Waals surface area contributed by atoms with Crippen molar-refractivity contribution in [3.8, 4) is 0 Å². The first-order valence-corrected chi connectivity index (χ1v) is 18.2. The summed E-state index contributed by atoms with van der Waals surface area (Å²) in [7, 11) is -2.76. The van der Waals surface area contributed by atoms with Gasteiger partial charge in [-0.25, -0.2) is 18.8 Å². The Morgan fingerprint density at radius 1 is 1.04 bits per heavy atom. The van der Waals surface area contributed by atoms with E-state index in [9.17, 15) is 23.7 Å². The molecule has 272 valence electrons. The number of alkyl halides is 1. The second-order valence-electron chi connectivity index (χ2n) is 11.2. The zero-order valence-corrected chi connectivity index (χ0v) is 29.6. The third-order valence-corrected chi connectivity index (χ3v) is 8.95. The zero-order chi connectivity index (χ0) is 35.9. The normalized spacial score (nSPS) is 22.1. The van der Waals surface area contributed by atoms with E-state index in [1.807, 2.05) is 12.2 Å². The van der Waals surface area contributed by atoms with Crippen molar-refractivity contribution in [1.82, 2.24) is 20.0 Å². The largest absolute Gasteiger partial charge is 0.405 e. The number of nitrogens with two attached hydrogens (primary N) is 1. The van der Waals surface area contributed by atoms with Gasteiger partial charge in [0.15, 0.2) is 12.4 Å². The predicted molar refractivity (Wildman–Crippen MR) is 191 cm³/mol. The molecular formula is C35H53FN5O7P. The summed E-state index contributed by atoms with van der Waals surface area (Å²) in [5.41, 5.74) is 4.63. The second kappa shape index (κ2) is 23.8. The van der Waals surface area contributed by atoms with Gasteiger partial charge in [-0.2, -0.15) is 4.98 Å². The SMILES string of the molecule is CC/C=C\C/C=C\C/C=C\C/C=C\C/C=C\C/C=C\CCC(=O)NCCNP(=O)(OC)OC(C)[C@H]1O[C@@H](n2ccc(N)nc2=O)[C@H](F)[C@@H]1O. The number of nitrogens with zero attached hydrogens (tertiary/aromatic N) is 2. The summed E-state index contributed by atoms with van der Waals surface area (Å²) in [5, 5.41) is 15.8. The number of hydrogen-bond donors (Lipinski definition) is 4. The van der Waals surface area contributed by atoms with E-state index in [1.54, 1.807) is 0 Å². The lowest BCUT2D eigenvalue weighted by atomic mass is 10.1. The van der Waals surface area contributed by atoms with Gasteiger partial charge >= 0.3 is 13.4 Å². The van der Waals surface area contributed by atoms with E-state index in [0.717, 1.165) is 50.2 Å². The number of allylic oxidation sites excluding steroid dienone is 12. The van der Waals surface area contributed by atoms with Crippen LogP contribution in [0.25, 0.3) is 0 Å². The molecule has 1 aromatic heterocycles. The van der Waals surface area contributed by atoms with Crippen LogP contribution < -0.4 is 21.8 Å². The van der Waals surface area contributed by atoms with Crippen LogP contribution in [0.1, 0.15) is 71.4 Å². The van der Waals surface area contributed by atoms with Crippen LogP contribution in [-0.2, 0) is 23.1 Å². The number of aliphatic hydroxyl groups is 1. The van der Waals surface area contributed by atoms with Crippen LogP contribution in [-0.4, -0.2) is 65.2 Å². The summed E-state index contributed by atoms with van der Waals surface area (Å²) in [5.74, 6) is -0.214. The van der Waals surface area contributed by atoms with Crippen LogP contribution in [0.15, 0.2) is 90.0 Å². The maximum atomic E-state index is 14.9. The molecule has 1 amide bonds. The van der Waals surface area contributed by atoms with Crippen LogP contribution in [0, 0.1) is 0 Å². The molecule has 12 nitrogen and oxygen atoms in total. The van der Waals surface area contributed by atoms with E-state index < -0.39 is 44.1 Å². The quantitative estimate of drug-likeness (QED) is 0.0624. The van der Waals surface area contributed by atoms with E-state index in [2.05, 4.69) is 83.1 Å². The van der Waals surface area contributed by atoms with Crippen LogP contribution >= 0.6 is 7.75 Å². The number of aliphatic hydroxyl groups excluding tert-OH is 1. The molecule has 14 heteroatoms. The summed E-state index contributed by atoms with van der Waals surface area (Å²) in [6, 6.07) is 1.30. The molecule has 0 saturated carbocycles. The van der Waals surface area contributed by atoms with E-state index in [1.165, 1.54) is 19.2 Å². The van der Waals surface area contributed by atoms with E-state index in [4.69, 9.17) is 19.5 Å². The third kappa shape index (κ3) is 16.2. The van der Waals surface area contributed by atoms with Gasteiger partial charge in [0, 0.05) is 32.8 Å². The van der Waals surface area contributed by atoms with E-state index in [0.29, 0.717) is 12.8 Å². The van der Waals surface area contributed by atoms with Crippen LogP contribution in [0.2, 0.25) is 0 Å². The number of nitrogen functional groups attached to an aromatic ring is 1. The lowest BCUT2D eigenvalue weighted by Gasteiger charge is -2.26. The van der Waals surface area contributed by atoms with Gasteiger partial charge in [-0.1, -0.05) is 79.8 Å². The monoisotopic (exact) mass is 705 g/mol. The molecule has 1 saturated heterocycles. The number of hydrogen-bond acceptors (Lipinski definition) is 9. The Bertz CT molecular complexity index is 1410. The molecule has 0 radical (unpaired) electrons. The van der Waals surface area contributed by atoms with Gasteiger partial charge in [-0.3, -0.25) is 13.9 Å². The number of aromatic nitrogens is 2. The van der Waals surface area contributed by atoms with Crippen molar-refractivity contribution in [3.05, 3.63) is 95.7 Å². The molecule has 5 N–H and O–H groups in total. The number of nitrogens with one attached hydrogen (secondary N) is 2. The van der Waals surface area contributed by atoms with Crippen LogP contribution in [0.3, 0.4) is 0 Å². The van der Waals surface area contributed by atoms with Crippen molar-refractivity contribution < 1.29 is 32.6 Å². The van der Waals surface area contributed by atoms with Gasteiger partial charge < -0.3 is 25.4 Å². The molecule has 1 aliphatic heterocycles. The lowest BCUT2D eigenvalue weighted by Crippen LogP contribution is -2.38. The molecule has 1 fully saturated rings. The summed E-state index contributed by atoms with van der Waals surface area (Å²) in [6.07, 6.45) is 25.7. The smallest absolute Gasteiger partial charge is 0.387 e. The molecule has 2 unspecified atom stereocenters. The minimum absolute atomic E-state index is 0.0448. The fourth-order valence-corrected chi connectivity index (χ4v) is 5.89. The summed E-state index contributed by atoms with van der Waals surface area (Å²) < 4.78 is 44.9. The molecule has 1 aromatic rings. The van der Waals surface area contributed by atoms with Crippen LogP contribution in [0.5, 0.6) is 0 Å². The molecule has 2 rings (SSSR count). The zero-order valence-electron chi connectivity index (χ0n) is 28.7. The van der Waals surface area contributed by atoms with Crippen molar-refractivity contribution in [2.45, 2.75) is 95.9 Å². The van der Waals surface area contributed by atoms with Gasteiger partial charge in [0.1, 0.15) is 18.0 Å². The Morgan fingerprint density at radius 2 is 1.59 bits per heavy atom. The van der Waals surface area contributed by atoms with E-state index in [-0.39, 0.29) is 24.8 Å².